The lowest BCUT2D eigenvalue weighted by Gasteiger charge is -2.12. The fourth-order valence-corrected chi connectivity index (χ4v) is 2.00. The predicted molar refractivity (Wildman–Crippen MR) is 82.4 cm³/mol. The number of ether oxygens (including phenoxy) is 2. The number of methoxy groups -OCH3 is 2. The molecule has 0 aromatic heterocycles. The Morgan fingerprint density at radius 1 is 1.14 bits per heavy atom. The Morgan fingerprint density at radius 2 is 1.90 bits per heavy atom. The second-order valence-corrected chi connectivity index (χ2v) is 4.42. The van der Waals surface area contributed by atoms with Crippen LogP contribution in [0.1, 0.15) is 11.1 Å². The van der Waals surface area contributed by atoms with Gasteiger partial charge in [-0.15, -0.1) is 0 Å². The Labute approximate surface area is 123 Å². The minimum absolute atomic E-state index is 0.459. The van der Waals surface area contributed by atoms with E-state index in [-0.39, 0.29) is 0 Å². The molecule has 2 aromatic carbocycles. The van der Waals surface area contributed by atoms with E-state index in [1.54, 1.807) is 26.4 Å². The molecule has 5 heteroatoms. The number of hydrogen-bond donors (Lipinski definition) is 2. The highest BCUT2D eigenvalue weighted by Gasteiger charge is 2.06. The highest BCUT2D eigenvalue weighted by molar-refractivity contribution is 5.72. The molecule has 0 heterocycles. The van der Waals surface area contributed by atoms with Crippen LogP contribution in [0.2, 0.25) is 0 Å². The summed E-state index contributed by atoms with van der Waals surface area (Å²) in [5.41, 5.74) is 8.62. The van der Waals surface area contributed by atoms with Crippen LogP contribution in [-0.4, -0.2) is 14.2 Å². The first kappa shape index (κ1) is 14.5. The lowest BCUT2D eigenvalue weighted by molar-refractivity contribution is 0.354. The van der Waals surface area contributed by atoms with E-state index in [0.717, 1.165) is 11.3 Å². The third-order valence-electron chi connectivity index (χ3n) is 3.16. The topological polar surface area (TPSA) is 80.3 Å². The van der Waals surface area contributed by atoms with Crippen LogP contribution in [0.3, 0.4) is 0 Å². The molecule has 3 N–H and O–H groups in total. The molecule has 0 amide bonds. The van der Waals surface area contributed by atoms with E-state index in [9.17, 15) is 0 Å². The Balaban J connectivity index is 2.15. The first-order valence-corrected chi connectivity index (χ1v) is 6.43. The SMILES string of the molecule is COc1ccc(CNc2cccc(C#N)c2N)cc1OC. The summed E-state index contributed by atoms with van der Waals surface area (Å²) in [6.07, 6.45) is 0. The summed E-state index contributed by atoms with van der Waals surface area (Å²) in [5.74, 6) is 1.36. The molecule has 0 atom stereocenters. The van der Waals surface area contributed by atoms with Crippen molar-refractivity contribution in [2.75, 3.05) is 25.3 Å². The number of para-hydroxylation sites is 1. The molecule has 108 valence electrons. The highest BCUT2D eigenvalue weighted by Crippen LogP contribution is 2.28. The van der Waals surface area contributed by atoms with E-state index in [0.29, 0.717) is 29.3 Å². The van der Waals surface area contributed by atoms with Crippen molar-refractivity contribution in [3.8, 4) is 17.6 Å². The summed E-state index contributed by atoms with van der Waals surface area (Å²) in [5, 5.41) is 12.2. The summed E-state index contributed by atoms with van der Waals surface area (Å²) in [7, 11) is 3.20. The van der Waals surface area contributed by atoms with E-state index in [1.807, 2.05) is 24.3 Å². The van der Waals surface area contributed by atoms with E-state index < -0.39 is 0 Å². The molecule has 0 unspecified atom stereocenters. The Bertz CT molecular complexity index is 678. The number of benzene rings is 2. The molecule has 0 aliphatic heterocycles. The van der Waals surface area contributed by atoms with Crippen molar-refractivity contribution in [1.29, 1.82) is 5.26 Å². The maximum atomic E-state index is 8.97. The molecule has 2 aromatic rings. The normalized spacial score (nSPS) is 9.76. The van der Waals surface area contributed by atoms with Gasteiger partial charge in [0.1, 0.15) is 6.07 Å². The van der Waals surface area contributed by atoms with Gasteiger partial charge in [-0.05, 0) is 29.8 Å². The number of nitrogens with one attached hydrogen (secondary N) is 1. The summed E-state index contributed by atoms with van der Waals surface area (Å²) in [6.45, 7) is 0.569. The van der Waals surface area contributed by atoms with E-state index >= 15 is 0 Å². The van der Waals surface area contributed by atoms with Gasteiger partial charge in [0.05, 0.1) is 31.2 Å². The zero-order valence-corrected chi connectivity index (χ0v) is 12.0. The fraction of sp³-hybridized carbons (Fsp3) is 0.188. The van der Waals surface area contributed by atoms with Crippen molar-refractivity contribution >= 4 is 11.4 Å². The summed E-state index contributed by atoms with van der Waals surface area (Å²) >= 11 is 0. The maximum Gasteiger partial charge on any atom is 0.161 e. The molecule has 0 saturated heterocycles. The second kappa shape index (κ2) is 6.53. The van der Waals surface area contributed by atoms with Crippen molar-refractivity contribution in [1.82, 2.24) is 0 Å². The van der Waals surface area contributed by atoms with E-state index in [4.69, 9.17) is 20.5 Å². The van der Waals surface area contributed by atoms with Crippen LogP contribution in [0.25, 0.3) is 0 Å². The molecule has 0 bridgehead atoms. The number of hydrogen-bond acceptors (Lipinski definition) is 5. The van der Waals surface area contributed by atoms with Gasteiger partial charge in [-0.25, -0.2) is 0 Å². The number of anilines is 2. The predicted octanol–water partition coefficient (Wildman–Crippen LogP) is 2.77. The zero-order valence-electron chi connectivity index (χ0n) is 12.0. The molecule has 2 rings (SSSR count). The van der Waals surface area contributed by atoms with Gasteiger partial charge in [-0.3, -0.25) is 0 Å². The molecule has 21 heavy (non-hydrogen) atoms. The first-order chi connectivity index (χ1) is 10.2. The van der Waals surface area contributed by atoms with Gasteiger partial charge in [0.15, 0.2) is 11.5 Å². The number of nitrogens with two attached hydrogens (primary N) is 1. The highest BCUT2D eigenvalue weighted by atomic mass is 16.5. The quantitative estimate of drug-likeness (QED) is 0.825. The van der Waals surface area contributed by atoms with Crippen LogP contribution in [-0.2, 0) is 6.54 Å². The van der Waals surface area contributed by atoms with Crippen molar-refractivity contribution in [2.24, 2.45) is 0 Å². The third kappa shape index (κ3) is 3.18. The minimum Gasteiger partial charge on any atom is -0.493 e. The third-order valence-corrected chi connectivity index (χ3v) is 3.16. The molecule has 0 aliphatic carbocycles. The molecule has 0 fully saturated rings. The van der Waals surface area contributed by atoms with Gasteiger partial charge >= 0.3 is 0 Å². The van der Waals surface area contributed by atoms with E-state index in [2.05, 4.69) is 11.4 Å². The number of nitrogen functional groups attached to an aromatic ring is 1. The maximum absolute atomic E-state index is 8.97. The van der Waals surface area contributed by atoms with Gasteiger partial charge < -0.3 is 20.5 Å². The molecule has 5 nitrogen and oxygen atoms in total. The fourth-order valence-electron chi connectivity index (χ4n) is 2.00. The van der Waals surface area contributed by atoms with Crippen LogP contribution in [0, 0.1) is 11.3 Å². The summed E-state index contributed by atoms with van der Waals surface area (Å²) < 4.78 is 10.5. The molecule has 0 aliphatic rings. The molecule has 0 radical (unpaired) electrons. The van der Waals surface area contributed by atoms with Gasteiger partial charge in [0.2, 0.25) is 0 Å². The van der Waals surface area contributed by atoms with Crippen LogP contribution in [0.5, 0.6) is 11.5 Å². The zero-order chi connectivity index (χ0) is 15.2. The van der Waals surface area contributed by atoms with Crippen LogP contribution < -0.4 is 20.5 Å². The lowest BCUT2D eigenvalue weighted by atomic mass is 10.1. The minimum atomic E-state index is 0.459. The average Bonchev–Trinajstić information content (AvgIpc) is 2.53. The standard InChI is InChI=1S/C16H17N3O2/c1-20-14-7-6-11(8-15(14)21-2)10-19-13-5-3-4-12(9-17)16(13)18/h3-8,19H,10,18H2,1-2H3. The van der Waals surface area contributed by atoms with Crippen molar-refractivity contribution in [3.05, 3.63) is 47.5 Å². The first-order valence-electron chi connectivity index (χ1n) is 6.43. The van der Waals surface area contributed by atoms with Crippen molar-refractivity contribution in [3.63, 3.8) is 0 Å². The second-order valence-electron chi connectivity index (χ2n) is 4.42. The number of nitrogens with zero attached hydrogens (tertiary/aromatic N) is 1. The number of rotatable bonds is 5. The summed E-state index contributed by atoms with van der Waals surface area (Å²) in [4.78, 5) is 0. The van der Waals surface area contributed by atoms with Crippen LogP contribution in [0.4, 0.5) is 11.4 Å². The number of nitriles is 1. The van der Waals surface area contributed by atoms with Gasteiger partial charge in [-0.1, -0.05) is 12.1 Å². The Kier molecular flexibility index (Phi) is 4.52. The molecular weight excluding hydrogens is 266 g/mol. The Morgan fingerprint density at radius 3 is 2.57 bits per heavy atom. The largest absolute Gasteiger partial charge is 0.493 e. The van der Waals surface area contributed by atoms with E-state index in [1.165, 1.54) is 0 Å². The van der Waals surface area contributed by atoms with Crippen molar-refractivity contribution < 1.29 is 9.47 Å². The smallest absolute Gasteiger partial charge is 0.161 e. The van der Waals surface area contributed by atoms with Crippen LogP contribution >= 0.6 is 0 Å². The molecule has 0 spiro atoms. The average molecular weight is 283 g/mol. The monoisotopic (exact) mass is 283 g/mol. The Hall–Kier alpha value is -2.87. The summed E-state index contributed by atoms with van der Waals surface area (Å²) in [6, 6.07) is 13.1. The lowest BCUT2D eigenvalue weighted by Crippen LogP contribution is -2.04. The molecular formula is C16H17N3O2. The van der Waals surface area contributed by atoms with Gasteiger partial charge in [0.25, 0.3) is 0 Å². The van der Waals surface area contributed by atoms with Crippen LogP contribution in [0.15, 0.2) is 36.4 Å². The van der Waals surface area contributed by atoms with Gasteiger partial charge in [0, 0.05) is 6.54 Å². The van der Waals surface area contributed by atoms with Crippen molar-refractivity contribution in [2.45, 2.75) is 6.54 Å². The van der Waals surface area contributed by atoms with Gasteiger partial charge in [-0.2, -0.15) is 5.26 Å². The molecule has 0 saturated carbocycles.